The zero-order valence-electron chi connectivity index (χ0n) is 4.80. The van der Waals surface area contributed by atoms with Gasteiger partial charge < -0.3 is 0 Å². The smallest absolute Gasteiger partial charge is 0.0395 e. The summed E-state index contributed by atoms with van der Waals surface area (Å²) in [7, 11) is 0. The summed E-state index contributed by atoms with van der Waals surface area (Å²) in [6, 6.07) is 0. The van der Waals surface area contributed by atoms with E-state index in [-0.39, 0.29) is 0 Å². The average molecular weight is 146 g/mol. The third-order valence-electron chi connectivity index (χ3n) is 0.976. The molecule has 1 aliphatic heterocycles. The Bertz CT molecular complexity index is 68.6. The third-order valence-corrected chi connectivity index (χ3v) is 3.26. The van der Waals surface area contributed by atoms with Crippen LogP contribution in [0, 0.1) is 0 Å². The molecule has 1 rings (SSSR count). The Morgan fingerprint density at radius 1 is 1.12 bits per heavy atom. The molecule has 46 valence electrons. The quantitative estimate of drug-likeness (QED) is 0.481. The lowest BCUT2D eigenvalue weighted by atomic mass is 10.4. The van der Waals surface area contributed by atoms with E-state index in [0.717, 1.165) is 0 Å². The van der Waals surface area contributed by atoms with Crippen LogP contribution >= 0.6 is 23.5 Å². The molecule has 0 N–H and O–H groups in total. The van der Waals surface area contributed by atoms with Gasteiger partial charge in [0.15, 0.2) is 0 Å². The van der Waals surface area contributed by atoms with Gasteiger partial charge in [0.05, 0.1) is 0 Å². The lowest BCUT2D eigenvalue weighted by Crippen LogP contribution is -1.82. The van der Waals surface area contributed by atoms with E-state index in [1.54, 1.807) is 0 Å². The van der Waals surface area contributed by atoms with Gasteiger partial charge in [-0.25, -0.2) is 0 Å². The van der Waals surface area contributed by atoms with Crippen LogP contribution in [-0.2, 0) is 0 Å². The molecule has 0 spiro atoms. The number of hydrogen-bond donors (Lipinski definition) is 0. The highest BCUT2D eigenvalue weighted by Crippen LogP contribution is 2.15. The summed E-state index contributed by atoms with van der Waals surface area (Å²) in [5.41, 5.74) is 0. The minimum atomic E-state index is 1.22. The molecule has 0 saturated heterocycles. The zero-order valence-corrected chi connectivity index (χ0v) is 6.43. The van der Waals surface area contributed by atoms with Gasteiger partial charge in [0.2, 0.25) is 0 Å². The maximum absolute atomic E-state index is 2.28. The molecule has 0 bridgehead atoms. The molecule has 0 atom stereocenters. The van der Waals surface area contributed by atoms with Crippen LogP contribution in [-0.4, -0.2) is 16.6 Å². The Hall–Kier alpha value is 0.440. The second kappa shape index (κ2) is 4.33. The first kappa shape index (κ1) is 6.56. The van der Waals surface area contributed by atoms with Crippen LogP contribution in [0.25, 0.3) is 0 Å². The first-order chi connectivity index (χ1) is 4.00. The number of rotatable bonds is 0. The maximum Gasteiger partial charge on any atom is 0.0395 e. The summed E-state index contributed by atoms with van der Waals surface area (Å²) >= 11 is 4.05. The summed E-state index contributed by atoms with van der Waals surface area (Å²) in [6.45, 7) is 0. The second-order valence-corrected chi connectivity index (χ2v) is 4.16. The van der Waals surface area contributed by atoms with Crippen LogP contribution in [0.3, 0.4) is 0 Å². The molecule has 0 aromatic heterocycles. The minimum Gasteiger partial charge on any atom is -0.151 e. The summed E-state index contributed by atoms with van der Waals surface area (Å²) in [5.74, 6) is 2.52. The Labute approximate surface area is 59.1 Å². The van der Waals surface area contributed by atoms with E-state index in [1.165, 1.54) is 23.0 Å². The Balaban J connectivity index is 2.17. The van der Waals surface area contributed by atoms with E-state index in [4.69, 9.17) is 0 Å². The Morgan fingerprint density at radius 3 is 3.12 bits per heavy atom. The fourth-order valence-electron chi connectivity index (χ4n) is 0.571. The molecule has 0 amide bonds. The normalized spacial score (nSPS) is 22.0. The zero-order chi connectivity index (χ0) is 5.66. The van der Waals surface area contributed by atoms with E-state index in [1.807, 2.05) is 23.5 Å². The minimum absolute atomic E-state index is 1.22. The molecule has 0 unspecified atom stereocenters. The highest BCUT2D eigenvalue weighted by atomic mass is 32.2. The molecule has 0 aromatic rings. The molecule has 1 aliphatic rings. The van der Waals surface area contributed by atoms with Gasteiger partial charge in [0, 0.05) is 10.8 Å². The third kappa shape index (κ3) is 2.68. The van der Waals surface area contributed by atoms with Crippen molar-refractivity contribution in [3.05, 3.63) is 12.2 Å². The Kier molecular flexibility index (Phi) is 3.55. The number of hydrogen-bond acceptors (Lipinski definition) is 2. The van der Waals surface area contributed by atoms with E-state index < -0.39 is 0 Å². The second-order valence-electron chi connectivity index (χ2n) is 1.66. The molecule has 0 aliphatic carbocycles. The molecular formula is C6H10S2. The molecule has 0 fully saturated rings. The van der Waals surface area contributed by atoms with Crippen LogP contribution < -0.4 is 0 Å². The van der Waals surface area contributed by atoms with Crippen molar-refractivity contribution in [1.29, 1.82) is 0 Å². The van der Waals surface area contributed by atoms with Gasteiger partial charge in [0.1, 0.15) is 0 Å². The van der Waals surface area contributed by atoms with E-state index in [9.17, 15) is 0 Å². The van der Waals surface area contributed by atoms with E-state index in [2.05, 4.69) is 12.2 Å². The molecular weight excluding hydrogens is 136 g/mol. The average Bonchev–Trinajstić information content (AvgIpc) is 1.62. The van der Waals surface area contributed by atoms with Crippen LogP contribution in [0.15, 0.2) is 12.2 Å². The van der Waals surface area contributed by atoms with Crippen molar-refractivity contribution >= 4 is 23.5 Å². The summed E-state index contributed by atoms with van der Waals surface area (Å²) < 4.78 is 0. The van der Waals surface area contributed by atoms with Crippen LogP contribution in [0.5, 0.6) is 0 Å². The topological polar surface area (TPSA) is 0 Å². The van der Waals surface area contributed by atoms with Gasteiger partial charge in [-0.05, 0) is 12.2 Å². The molecule has 0 radical (unpaired) electrons. The molecule has 8 heavy (non-hydrogen) atoms. The molecule has 0 saturated carbocycles. The predicted molar refractivity (Wildman–Crippen MR) is 43.5 cm³/mol. The van der Waals surface area contributed by atoms with Crippen LogP contribution in [0.4, 0.5) is 0 Å². The molecule has 0 nitrogen and oxygen atoms in total. The first-order valence-electron chi connectivity index (χ1n) is 2.80. The lowest BCUT2D eigenvalue weighted by Gasteiger charge is -2.00. The molecule has 0 aromatic carbocycles. The van der Waals surface area contributed by atoms with Gasteiger partial charge in [-0.15, -0.1) is 11.8 Å². The van der Waals surface area contributed by atoms with Gasteiger partial charge in [-0.2, -0.15) is 11.8 Å². The fourth-order valence-corrected chi connectivity index (χ4v) is 2.47. The van der Waals surface area contributed by atoms with Crippen molar-refractivity contribution in [2.45, 2.75) is 6.42 Å². The monoisotopic (exact) mass is 146 g/mol. The number of allylic oxidation sites excluding steroid dienone is 1. The van der Waals surface area contributed by atoms with Gasteiger partial charge in [-0.3, -0.25) is 0 Å². The van der Waals surface area contributed by atoms with Crippen LogP contribution in [0.1, 0.15) is 6.42 Å². The van der Waals surface area contributed by atoms with E-state index in [0.29, 0.717) is 0 Å². The fraction of sp³-hybridized carbons (Fsp3) is 0.667. The summed E-state index contributed by atoms with van der Waals surface area (Å²) in [5, 5.41) is 1.28. The van der Waals surface area contributed by atoms with Gasteiger partial charge in [0.25, 0.3) is 0 Å². The van der Waals surface area contributed by atoms with Gasteiger partial charge in [-0.1, -0.05) is 12.2 Å². The molecule has 2 heteroatoms. The summed E-state index contributed by atoms with van der Waals surface area (Å²) in [4.78, 5) is 0. The largest absolute Gasteiger partial charge is 0.151 e. The highest BCUT2D eigenvalue weighted by Gasteiger charge is 1.90. The maximum atomic E-state index is 2.28. The van der Waals surface area contributed by atoms with Crippen molar-refractivity contribution in [3.63, 3.8) is 0 Å². The van der Waals surface area contributed by atoms with E-state index >= 15 is 0 Å². The molecule has 1 heterocycles. The van der Waals surface area contributed by atoms with Crippen molar-refractivity contribution in [2.75, 3.05) is 16.6 Å². The number of thioether (sulfide) groups is 2. The van der Waals surface area contributed by atoms with Crippen molar-refractivity contribution in [3.8, 4) is 0 Å². The van der Waals surface area contributed by atoms with Gasteiger partial charge >= 0.3 is 0 Å². The van der Waals surface area contributed by atoms with Crippen molar-refractivity contribution in [2.24, 2.45) is 0 Å². The van der Waals surface area contributed by atoms with Crippen molar-refractivity contribution in [1.82, 2.24) is 0 Å². The highest BCUT2D eigenvalue weighted by molar-refractivity contribution is 8.16. The van der Waals surface area contributed by atoms with Crippen molar-refractivity contribution < 1.29 is 0 Å². The summed E-state index contributed by atoms with van der Waals surface area (Å²) in [6.07, 6.45) is 5.81. The van der Waals surface area contributed by atoms with Crippen LogP contribution in [0.2, 0.25) is 0 Å². The lowest BCUT2D eigenvalue weighted by molar-refractivity contribution is 1.24. The first-order valence-corrected chi connectivity index (χ1v) is 5.11. The standard InChI is InChI=1S/C6H10S2/c1-2-4-7-6-8-5-3-1/h1-2H,3-6H2. The Morgan fingerprint density at radius 2 is 2.12 bits per heavy atom. The SMILES string of the molecule is C1=CCSCSCC1. The predicted octanol–water partition coefficient (Wildman–Crippen LogP) is 2.37.